The van der Waals surface area contributed by atoms with E-state index >= 15 is 0 Å². The summed E-state index contributed by atoms with van der Waals surface area (Å²) in [6, 6.07) is 16.8. The molecule has 1 N–H and O–H groups in total. The molecule has 1 amide bonds. The molecule has 122 valence electrons. The number of hydrogen-bond donors (Lipinski definition) is 1. The number of ether oxygens (including phenoxy) is 1. The van der Waals surface area contributed by atoms with Crippen LogP contribution in [0.2, 0.25) is 0 Å². The Morgan fingerprint density at radius 3 is 2.54 bits per heavy atom. The van der Waals surface area contributed by atoms with Crippen LogP contribution in [0.5, 0.6) is 0 Å². The topological polar surface area (TPSA) is 69.0 Å². The monoisotopic (exact) mass is 386 g/mol. The number of nitrogens with one attached hydrogen (secondary N) is 1. The van der Waals surface area contributed by atoms with Crippen molar-refractivity contribution in [2.75, 3.05) is 12.4 Å². The molecule has 0 bridgehead atoms. The molecule has 0 saturated heterocycles. The number of rotatable bonds is 5. The van der Waals surface area contributed by atoms with Crippen molar-refractivity contribution in [3.8, 4) is 5.69 Å². The quantitative estimate of drug-likeness (QED) is 0.729. The van der Waals surface area contributed by atoms with Crippen LogP contribution < -0.4 is 5.32 Å². The van der Waals surface area contributed by atoms with Crippen LogP contribution in [0.15, 0.2) is 59.1 Å². The molecule has 1 heterocycles. The lowest BCUT2D eigenvalue weighted by molar-refractivity contribution is 0.101. The van der Waals surface area contributed by atoms with Crippen molar-refractivity contribution in [1.82, 2.24) is 15.0 Å². The molecular weight excluding hydrogens is 372 g/mol. The standard InChI is InChI=1S/C17H15BrN4O2/c1-24-11-15-16(17(23)19-13-9-7-12(18)8-10-13)20-21-22(15)14-5-3-2-4-6-14/h2-10H,11H2,1H3,(H,19,23). The first-order chi connectivity index (χ1) is 11.7. The van der Waals surface area contributed by atoms with Crippen molar-refractivity contribution >= 4 is 27.5 Å². The smallest absolute Gasteiger partial charge is 0.278 e. The van der Waals surface area contributed by atoms with Crippen LogP contribution in [-0.4, -0.2) is 28.0 Å². The maximum absolute atomic E-state index is 12.5. The van der Waals surface area contributed by atoms with Gasteiger partial charge in [-0.05, 0) is 36.4 Å². The summed E-state index contributed by atoms with van der Waals surface area (Å²) in [4.78, 5) is 12.5. The lowest BCUT2D eigenvalue weighted by Crippen LogP contribution is -2.16. The first kappa shape index (κ1) is 16.4. The highest BCUT2D eigenvalue weighted by atomic mass is 79.9. The number of carbonyl (C=O) groups is 1. The molecule has 0 fully saturated rings. The van der Waals surface area contributed by atoms with E-state index in [1.807, 2.05) is 42.5 Å². The summed E-state index contributed by atoms with van der Waals surface area (Å²) < 4.78 is 7.77. The van der Waals surface area contributed by atoms with Gasteiger partial charge < -0.3 is 10.1 Å². The van der Waals surface area contributed by atoms with Gasteiger partial charge in [0.2, 0.25) is 0 Å². The number of benzene rings is 2. The number of para-hydroxylation sites is 1. The maximum Gasteiger partial charge on any atom is 0.278 e. The van der Waals surface area contributed by atoms with Crippen molar-refractivity contribution in [3.05, 3.63) is 70.5 Å². The molecule has 3 rings (SSSR count). The van der Waals surface area contributed by atoms with E-state index in [9.17, 15) is 4.79 Å². The van der Waals surface area contributed by atoms with Crippen LogP contribution in [0.1, 0.15) is 16.2 Å². The van der Waals surface area contributed by atoms with Gasteiger partial charge in [-0.1, -0.05) is 39.3 Å². The third kappa shape index (κ3) is 3.52. The van der Waals surface area contributed by atoms with Crippen LogP contribution in [0.3, 0.4) is 0 Å². The Hall–Kier alpha value is -2.51. The van der Waals surface area contributed by atoms with Crippen LogP contribution >= 0.6 is 15.9 Å². The van der Waals surface area contributed by atoms with Crippen LogP contribution in [0.25, 0.3) is 5.69 Å². The summed E-state index contributed by atoms with van der Waals surface area (Å²) in [6.45, 7) is 0.227. The Bertz CT molecular complexity index is 832. The third-order valence-corrected chi connectivity index (χ3v) is 3.89. The van der Waals surface area contributed by atoms with E-state index in [1.165, 1.54) is 0 Å². The fourth-order valence-electron chi connectivity index (χ4n) is 2.24. The van der Waals surface area contributed by atoms with E-state index in [1.54, 1.807) is 23.9 Å². The molecule has 1 aromatic heterocycles. The molecule has 0 radical (unpaired) electrons. The fourth-order valence-corrected chi connectivity index (χ4v) is 2.51. The van der Waals surface area contributed by atoms with Crippen molar-refractivity contribution in [3.63, 3.8) is 0 Å². The van der Waals surface area contributed by atoms with Gasteiger partial charge in [-0.2, -0.15) is 0 Å². The lowest BCUT2D eigenvalue weighted by Gasteiger charge is -2.08. The van der Waals surface area contributed by atoms with Crippen molar-refractivity contribution in [2.45, 2.75) is 6.61 Å². The summed E-state index contributed by atoms with van der Waals surface area (Å²) >= 11 is 3.36. The molecule has 6 nitrogen and oxygen atoms in total. The Kier molecular flexibility index (Phi) is 5.02. The first-order valence-corrected chi connectivity index (χ1v) is 8.04. The van der Waals surface area contributed by atoms with Gasteiger partial charge in [-0.15, -0.1) is 5.10 Å². The van der Waals surface area contributed by atoms with Gasteiger partial charge in [0.1, 0.15) is 5.69 Å². The number of hydrogen-bond acceptors (Lipinski definition) is 4. The predicted molar refractivity (Wildman–Crippen MR) is 94.2 cm³/mol. The van der Waals surface area contributed by atoms with Crippen LogP contribution in [0, 0.1) is 0 Å². The molecular formula is C17H15BrN4O2. The molecule has 0 atom stereocenters. The number of methoxy groups -OCH3 is 1. The number of nitrogens with zero attached hydrogens (tertiary/aromatic N) is 3. The second-order valence-corrected chi connectivity index (χ2v) is 5.94. The number of amides is 1. The minimum Gasteiger partial charge on any atom is -0.378 e. The lowest BCUT2D eigenvalue weighted by atomic mass is 10.2. The van der Waals surface area contributed by atoms with Crippen molar-refractivity contribution < 1.29 is 9.53 Å². The minimum absolute atomic E-state index is 0.227. The third-order valence-electron chi connectivity index (χ3n) is 3.36. The molecule has 0 saturated carbocycles. The number of aromatic nitrogens is 3. The molecule has 0 aliphatic carbocycles. The van der Waals surface area contributed by atoms with E-state index in [0.29, 0.717) is 11.4 Å². The van der Waals surface area contributed by atoms with Gasteiger partial charge in [0, 0.05) is 17.3 Å². The second kappa shape index (κ2) is 7.37. The number of carbonyl (C=O) groups excluding carboxylic acids is 1. The Morgan fingerprint density at radius 2 is 1.88 bits per heavy atom. The van der Waals surface area contributed by atoms with E-state index in [-0.39, 0.29) is 18.2 Å². The van der Waals surface area contributed by atoms with Gasteiger partial charge in [0.15, 0.2) is 5.69 Å². The zero-order valence-corrected chi connectivity index (χ0v) is 14.5. The molecule has 24 heavy (non-hydrogen) atoms. The second-order valence-electron chi connectivity index (χ2n) is 5.03. The highest BCUT2D eigenvalue weighted by molar-refractivity contribution is 9.10. The zero-order chi connectivity index (χ0) is 16.9. The molecule has 7 heteroatoms. The Morgan fingerprint density at radius 1 is 1.17 bits per heavy atom. The molecule has 0 aliphatic heterocycles. The maximum atomic E-state index is 12.5. The molecule has 3 aromatic rings. The van der Waals surface area contributed by atoms with Crippen molar-refractivity contribution in [2.24, 2.45) is 0 Å². The van der Waals surface area contributed by atoms with E-state index in [4.69, 9.17) is 4.74 Å². The number of halogens is 1. The van der Waals surface area contributed by atoms with Gasteiger partial charge >= 0.3 is 0 Å². The zero-order valence-electron chi connectivity index (χ0n) is 12.9. The molecule has 0 spiro atoms. The average molecular weight is 387 g/mol. The highest BCUT2D eigenvalue weighted by Gasteiger charge is 2.20. The van der Waals surface area contributed by atoms with E-state index in [0.717, 1.165) is 10.2 Å². The molecule has 0 aliphatic rings. The summed E-state index contributed by atoms with van der Waals surface area (Å²) in [7, 11) is 1.57. The van der Waals surface area contributed by atoms with Crippen LogP contribution in [-0.2, 0) is 11.3 Å². The SMILES string of the molecule is COCc1c(C(=O)Nc2ccc(Br)cc2)nnn1-c1ccccc1. The summed E-state index contributed by atoms with van der Waals surface area (Å²) in [6.07, 6.45) is 0. The van der Waals surface area contributed by atoms with Gasteiger partial charge in [0.05, 0.1) is 12.3 Å². The van der Waals surface area contributed by atoms with Gasteiger partial charge in [0.25, 0.3) is 5.91 Å². The van der Waals surface area contributed by atoms with Gasteiger partial charge in [-0.25, -0.2) is 4.68 Å². The minimum atomic E-state index is -0.327. The average Bonchev–Trinajstić information content (AvgIpc) is 3.02. The summed E-state index contributed by atoms with van der Waals surface area (Å²) in [5.74, 6) is -0.327. The van der Waals surface area contributed by atoms with Crippen LogP contribution in [0.4, 0.5) is 5.69 Å². The van der Waals surface area contributed by atoms with E-state index < -0.39 is 0 Å². The number of anilines is 1. The Labute approximate surface area is 147 Å². The predicted octanol–water partition coefficient (Wildman–Crippen LogP) is 3.43. The van der Waals surface area contributed by atoms with Gasteiger partial charge in [-0.3, -0.25) is 4.79 Å². The molecule has 0 unspecified atom stereocenters. The normalized spacial score (nSPS) is 10.6. The fraction of sp³-hybridized carbons (Fsp3) is 0.118. The highest BCUT2D eigenvalue weighted by Crippen LogP contribution is 2.17. The largest absolute Gasteiger partial charge is 0.378 e. The molecule has 2 aromatic carbocycles. The Balaban J connectivity index is 1.91. The van der Waals surface area contributed by atoms with Crippen molar-refractivity contribution in [1.29, 1.82) is 0 Å². The first-order valence-electron chi connectivity index (χ1n) is 7.25. The van der Waals surface area contributed by atoms with E-state index in [2.05, 4.69) is 31.6 Å². The summed E-state index contributed by atoms with van der Waals surface area (Å²) in [5.41, 5.74) is 2.34. The summed E-state index contributed by atoms with van der Waals surface area (Å²) in [5, 5.41) is 11.0.